The molecule has 1 saturated carbocycles. The summed E-state index contributed by atoms with van der Waals surface area (Å²) in [5, 5.41) is 0. The molecule has 4 atom stereocenters. The molecule has 0 heterocycles. The fourth-order valence-corrected chi connectivity index (χ4v) is 3.03. The van der Waals surface area contributed by atoms with Crippen molar-refractivity contribution in [1.82, 2.24) is 4.90 Å². The number of hydrogen-bond acceptors (Lipinski definition) is 3. The van der Waals surface area contributed by atoms with Crippen LogP contribution < -0.4 is 5.73 Å². The molecule has 3 nitrogen and oxygen atoms in total. The van der Waals surface area contributed by atoms with Gasteiger partial charge in [0.2, 0.25) is 0 Å². The molecule has 0 aromatic heterocycles. The zero-order chi connectivity index (χ0) is 13.1. The topological polar surface area (TPSA) is 38.5 Å². The molecule has 0 bridgehead atoms. The van der Waals surface area contributed by atoms with Crippen LogP contribution >= 0.6 is 0 Å². The van der Waals surface area contributed by atoms with Gasteiger partial charge in [-0.05, 0) is 45.1 Å². The molecule has 2 N–H and O–H groups in total. The van der Waals surface area contributed by atoms with Gasteiger partial charge in [0.25, 0.3) is 0 Å². The lowest BCUT2D eigenvalue weighted by Gasteiger charge is -2.48. The summed E-state index contributed by atoms with van der Waals surface area (Å²) in [6, 6.07) is 0. The van der Waals surface area contributed by atoms with Gasteiger partial charge in [-0.1, -0.05) is 13.8 Å². The third kappa shape index (κ3) is 3.43. The van der Waals surface area contributed by atoms with Crippen molar-refractivity contribution in [2.45, 2.75) is 51.7 Å². The zero-order valence-corrected chi connectivity index (χ0v) is 12.2. The average molecular weight is 242 g/mol. The number of rotatable bonds is 5. The first-order chi connectivity index (χ1) is 7.95. The molecule has 17 heavy (non-hydrogen) atoms. The van der Waals surface area contributed by atoms with Crippen molar-refractivity contribution < 1.29 is 4.74 Å². The summed E-state index contributed by atoms with van der Waals surface area (Å²) in [6.45, 7) is 8.58. The molecule has 102 valence electrons. The predicted octanol–water partition coefficient (Wildman–Crippen LogP) is 2.11. The average Bonchev–Trinajstić information content (AvgIpc) is 2.32. The van der Waals surface area contributed by atoms with Crippen LogP contribution in [0, 0.1) is 11.8 Å². The third-order valence-electron chi connectivity index (χ3n) is 4.86. The van der Waals surface area contributed by atoms with Crippen LogP contribution in [0.5, 0.6) is 0 Å². The van der Waals surface area contributed by atoms with Crippen LogP contribution in [0.3, 0.4) is 0 Å². The van der Waals surface area contributed by atoms with Crippen molar-refractivity contribution in [2.24, 2.45) is 17.6 Å². The van der Waals surface area contributed by atoms with Crippen LogP contribution in [0.4, 0.5) is 0 Å². The highest BCUT2D eigenvalue weighted by molar-refractivity contribution is 4.96. The van der Waals surface area contributed by atoms with Gasteiger partial charge in [0, 0.05) is 25.7 Å². The monoisotopic (exact) mass is 242 g/mol. The van der Waals surface area contributed by atoms with Crippen molar-refractivity contribution in [1.29, 1.82) is 0 Å². The minimum absolute atomic E-state index is 0.193. The first-order valence-corrected chi connectivity index (χ1v) is 6.89. The fraction of sp³-hybridized carbons (Fsp3) is 1.00. The lowest BCUT2D eigenvalue weighted by Crippen LogP contribution is -2.57. The van der Waals surface area contributed by atoms with Gasteiger partial charge in [-0.3, -0.25) is 4.90 Å². The van der Waals surface area contributed by atoms with Crippen molar-refractivity contribution in [2.75, 3.05) is 27.2 Å². The largest absolute Gasteiger partial charge is 0.380 e. The quantitative estimate of drug-likeness (QED) is 0.802. The summed E-state index contributed by atoms with van der Waals surface area (Å²) in [5.74, 6) is 1.61. The van der Waals surface area contributed by atoms with Crippen LogP contribution in [0.1, 0.15) is 40.0 Å². The van der Waals surface area contributed by atoms with Crippen LogP contribution in [-0.4, -0.2) is 43.8 Å². The van der Waals surface area contributed by atoms with Crippen LogP contribution in [0.2, 0.25) is 0 Å². The molecule has 0 radical (unpaired) electrons. The van der Waals surface area contributed by atoms with E-state index in [9.17, 15) is 0 Å². The Kier molecular flexibility index (Phi) is 5.42. The van der Waals surface area contributed by atoms with Gasteiger partial charge in [0.15, 0.2) is 0 Å². The van der Waals surface area contributed by atoms with E-state index < -0.39 is 0 Å². The van der Waals surface area contributed by atoms with Gasteiger partial charge < -0.3 is 10.5 Å². The Labute approximate surface area is 107 Å². The van der Waals surface area contributed by atoms with Gasteiger partial charge in [0.1, 0.15) is 0 Å². The molecule has 3 heteroatoms. The molecule has 1 fully saturated rings. The standard InChI is InChI=1S/C14H30N2O/c1-11-6-7-14(10-15,8-12(11)2)16(4)9-13(3)17-5/h11-13H,6-10,15H2,1-5H3. The van der Waals surface area contributed by atoms with E-state index in [0.717, 1.165) is 24.9 Å². The Morgan fingerprint density at radius 2 is 2.06 bits per heavy atom. The van der Waals surface area contributed by atoms with E-state index in [0.29, 0.717) is 0 Å². The second kappa shape index (κ2) is 6.17. The van der Waals surface area contributed by atoms with Gasteiger partial charge in [-0.15, -0.1) is 0 Å². The summed E-state index contributed by atoms with van der Waals surface area (Å²) >= 11 is 0. The summed E-state index contributed by atoms with van der Waals surface area (Å²) in [4.78, 5) is 2.43. The highest BCUT2D eigenvalue weighted by atomic mass is 16.5. The Morgan fingerprint density at radius 1 is 1.41 bits per heavy atom. The maximum Gasteiger partial charge on any atom is 0.0670 e. The normalized spacial score (nSPS) is 36.2. The highest BCUT2D eigenvalue weighted by Crippen LogP contribution is 2.38. The van der Waals surface area contributed by atoms with Crippen molar-refractivity contribution >= 4 is 0 Å². The predicted molar refractivity (Wildman–Crippen MR) is 73.1 cm³/mol. The molecule has 0 amide bonds. The number of methoxy groups -OCH3 is 1. The van der Waals surface area contributed by atoms with E-state index in [-0.39, 0.29) is 11.6 Å². The smallest absolute Gasteiger partial charge is 0.0670 e. The van der Waals surface area contributed by atoms with E-state index in [1.807, 2.05) is 0 Å². The van der Waals surface area contributed by atoms with E-state index >= 15 is 0 Å². The van der Waals surface area contributed by atoms with E-state index in [1.54, 1.807) is 7.11 Å². The molecule has 0 aromatic rings. The van der Waals surface area contributed by atoms with E-state index in [2.05, 4.69) is 32.7 Å². The molecule has 4 unspecified atom stereocenters. The Hall–Kier alpha value is -0.120. The maximum absolute atomic E-state index is 6.08. The minimum atomic E-state index is 0.193. The Bertz CT molecular complexity index is 234. The lowest BCUT2D eigenvalue weighted by molar-refractivity contribution is 0.000853. The molecule has 1 aliphatic carbocycles. The molecule has 1 aliphatic rings. The zero-order valence-electron chi connectivity index (χ0n) is 12.2. The number of hydrogen-bond donors (Lipinski definition) is 1. The minimum Gasteiger partial charge on any atom is -0.380 e. The maximum atomic E-state index is 6.08. The van der Waals surface area contributed by atoms with Gasteiger partial charge in [-0.2, -0.15) is 0 Å². The van der Waals surface area contributed by atoms with Crippen LogP contribution in [0.25, 0.3) is 0 Å². The summed E-state index contributed by atoms with van der Waals surface area (Å²) < 4.78 is 5.37. The van der Waals surface area contributed by atoms with Crippen molar-refractivity contribution in [3.05, 3.63) is 0 Å². The first kappa shape index (κ1) is 14.9. The molecule has 1 rings (SSSR count). The highest BCUT2D eigenvalue weighted by Gasteiger charge is 2.39. The third-order valence-corrected chi connectivity index (χ3v) is 4.86. The van der Waals surface area contributed by atoms with Gasteiger partial charge in [-0.25, -0.2) is 0 Å². The SMILES string of the molecule is COC(C)CN(C)C1(CN)CCC(C)C(C)C1. The second-order valence-corrected chi connectivity index (χ2v) is 6.05. The second-order valence-electron chi connectivity index (χ2n) is 6.05. The van der Waals surface area contributed by atoms with Gasteiger partial charge in [0.05, 0.1) is 6.10 Å². The molecular formula is C14H30N2O. The molecule has 0 spiro atoms. The van der Waals surface area contributed by atoms with Crippen LogP contribution in [-0.2, 0) is 4.74 Å². The van der Waals surface area contributed by atoms with Gasteiger partial charge >= 0.3 is 0 Å². The number of ether oxygens (including phenoxy) is 1. The molecular weight excluding hydrogens is 212 g/mol. The summed E-state index contributed by atoms with van der Waals surface area (Å²) in [7, 11) is 3.98. The first-order valence-electron chi connectivity index (χ1n) is 6.89. The molecule has 0 saturated heterocycles. The van der Waals surface area contributed by atoms with E-state index in [4.69, 9.17) is 10.5 Å². The molecule has 0 aromatic carbocycles. The lowest BCUT2D eigenvalue weighted by atomic mass is 9.70. The summed E-state index contributed by atoms with van der Waals surface area (Å²) in [6.07, 6.45) is 4.02. The Morgan fingerprint density at radius 3 is 2.53 bits per heavy atom. The number of likely N-dealkylation sites (N-methyl/N-ethyl adjacent to an activating group) is 1. The number of nitrogens with zero attached hydrogens (tertiary/aromatic N) is 1. The molecule has 0 aliphatic heterocycles. The van der Waals surface area contributed by atoms with Crippen molar-refractivity contribution in [3.8, 4) is 0 Å². The Balaban J connectivity index is 2.68. The summed E-state index contributed by atoms with van der Waals surface area (Å²) in [5.41, 5.74) is 6.27. The van der Waals surface area contributed by atoms with Crippen LogP contribution in [0.15, 0.2) is 0 Å². The van der Waals surface area contributed by atoms with Crippen molar-refractivity contribution in [3.63, 3.8) is 0 Å². The fourth-order valence-electron chi connectivity index (χ4n) is 3.03. The number of nitrogens with two attached hydrogens (primary N) is 1. The van der Waals surface area contributed by atoms with E-state index in [1.165, 1.54) is 19.3 Å².